The van der Waals surface area contributed by atoms with Gasteiger partial charge in [-0.2, -0.15) is 0 Å². The normalized spacial score (nSPS) is 13.2. The highest BCUT2D eigenvalue weighted by Gasteiger charge is 2.22. The summed E-state index contributed by atoms with van der Waals surface area (Å²) in [5.74, 6) is 0.596. The number of non-ortho nitro benzene ring substituents is 1. The van der Waals surface area contributed by atoms with E-state index in [1.807, 2.05) is 12.1 Å². The van der Waals surface area contributed by atoms with Crippen molar-refractivity contribution in [3.63, 3.8) is 0 Å². The molecule has 0 saturated heterocycles. The Kier molecular flexibility index (Phi) is 3.92. The van der Waals surface area contributed by atoms with Crippen LogP contribution in [-0.4, -0.2) is 9.85 Å². The van der Waals surface area contributed by atoms with Crippen LogP contribution in [0.4, 0.5) is 11.4 Å². The van der Waals surface area contributed by atoms with Gasteiger partial charge in [0.25, 0.3) is 5.69 Å². The molecule has 1 aliphatic rings. The topological polar surface area (TPSA) is 95.5 Å². The molecule has 2 aromatic rings. The highest BCUT2D eigenvalue weighted by Crippen LogP contribution is 2.37. The van der Waals surface area contributed by atoms with E-state index in [1.165, 1.54) is 17.7 Å². The van der Waals surface area contributed by atoms with Crippen molar-refractivity contribution in [2.75, 3.05) is 0 Å². The summed E-state index contributed by atoms with van der Waals surface area (Å²) in [6.45, 7) is 0. The molecule has 0 amide bonds. The third-order valence-electron chi connectivity index (χ3n) is 3.92. The maximum Gasteiger partial charge on any atom is 0.318 e. The minimum absolute atomic E-state index is 0.0135. The fraction of sp³-hybridized carbons (Fsp3) is 0.250. The van der Waals surface area contributed by atoms with Gasteiger partial charge in [-0.3, -0.25) is 20.2 Å². The lowest BCUT2D eigenvalue weighted by Gasteiger charge is -2.19. The minimum Gasteiger partial charge on any atom is -0.450 e. The molecule has 0 bridgehead atoms. The van der Waals surface area contributed by atoms with Gasteiger partial charge in [0, 0.05) is 6.07 Å². The standard InChI is InChI=1S/C16H14N2O5/c19-17(20)12-8-9-16(14(10-12)18(21)22)23-15-7-3-5-11-4-1-2-6-13(11)15/h3,5,7-10H,1-2,4,6H2. The number of aryl methyl sites for hydroxylation is 1. The van der Waals surface area contributed by atoms with Gasteiger partial charge >= 0.3 is 5.69 Å². The van der Waals surface area contributed by atoms with Crippen molar-refractivity contribution in [3.05, 3.63) is 67.8 Å². The lowest BCUT2D eigenvalue weighted by molar-refractivity contribution is -0.394. The van der Waals surface area contributed by atoms with Crippen molar-refractivity contribution >= 4 is 11.4 Å². The van der Waals surface area contributed by atoms with Gasteiger partial charge in [0.1, 0.15) is 5.75 Å². The summed E-state index contributed by atoms with van der Waals surface area (Å²) in [6, 6.07) is 9.07. The molecule has 0 heterocycles. The number of nitro groups is 2. The van der Waals surface area contributed by atoms with Gasteiger partial charge in [-0.05, 0) is 48.9 Å². The maximum atomic E-state index is 11.2. The van der Waals surface area contributed by atoms with E-state index >= 15 is 0 Å². The predicted octanol–water partition coefficient (Wildman–Crippen LogP) is 4.17. The molecule has 7 nitrogen and oxygen atoms in total. The molecule has 0 saturated carbocycles. The van der Waals surface area contributed by atoms with Gasteiger partial charge in [-0.15, -0.1) is 0 Å². The third-order valence-corrected chi connectivity index (χ3v) is 3.92. The molecule has 0 N–H and O–H groups in total. The van der Waals surface area contributed by atoms with Gasteiger partial charge < -0.3 is 4.74 Å². The molecule has 2 aromatic carbocycles. The molecule has 0 fully saturated rings. The van der Waals surface area contributed by atoms with Crippen LogP contribution in [0.3, 0.4) is 0 Å². The summed E-state index contributed by atoms with van der Waals surface area (Å²) in [5.41, 5.74) is 1.51. The van der Waals surface area contributed by atoms with Gasteiger partial charge in [0.15, 0.2) is 0 Å². The number of nitrogens with zero attached hydrogens (tertiary/aromatic N) is 2. The molecule has 7 heteroatoms. The molecule has 118 valence electrons. The van der Waals surface area contributed by atoms with E-state index in [0.717, 1.165) is 37.3 Å². The Bertz CT molecular complexity index is 788. The van der Waals surface area contributed by atoms with Crippen LogP contribution in [0.1, 0.15) is 24.0 Å². The van der Waals surface area contributed by atoms with Crippen LogP contribution in [0.25, 0.3) is 0 Å². The van der Waals surface area contributed by atoms with E-state index in [9.17, 15) is 20.2 Å². The summed E-state index contributed by atoms with van der Waals surface area (Å²) >= 11 is 0. The lowest BCUT2D eigenvalue weighted by atomic mass is 9.91. The molecule has 0 spiro atoms. The Labute approximate surface area is 131 Å². The van der Waals surface area contributed by atoms with Crippen molar-refractivity contribution in [1.29, 1.82) is 0 Å². The van der Waals surface area contributed by atoms with Crippen LogP contribution in [-0.2, 0) is 12.8 Å². The fourth-order valence-electron chi connectivity index (χ4n) is 2.81. The molecular formula is C16H14N2O5. The molecule has 0 aromatic heterocycles. The first kappa shape index (κ1) is 15.0. The van der Waals surface area contributed by atoms with Crippen LogP contribution >= 0.6 is 0 Å². The Morgan fingerprint density at radius 2 is 1.70 bits per heavy atom. The Hall–Kier alpha value is -2.96. The molecule has 3 rings (SSSR count). The highest BCUT2D eigenvalue weighted by molar-refractivity contribution is 5.56. The van der Waals surface area contributed by atoms with E-state index in [4.69, 9.17) is 4.74 Å². The quantitative estimate of drug-likeness (QED) is 0.623. The SMILES string of the molecule is O=[N+]([O-])c1ccc(Oc2cccc3c2CCCC3)c([N+](=O)[O-])c1. The molecule has 0 atom stereocenters. The van der Waals surface area contributed by atoms with Crippen LogP contribution in [0, 0.1) is 20.2 Å². The first-order valence-electron chi connectivity index (χ1n) is 7.27. The largest absolute Gasteiger partial charge is 0.450 e. The summed E-state index contributed by atoms with van der Waals surface area (Å²) in [4.78, 5) is 20.6. The smallest absolute Gasteiger partial charge is 0.318 e. The summed E-state index contributed by atoms with van der Waals surface area (Å²) in [5, 5.41) is 22.0. The van der Waals surface area contributed by atoms with Crippen LogP contribution < -0.4 is 4.74 Å². The van der Waals surface area contributed by atoms with Gasteiger partial charge in [0.05, 0.1) is 15.9 Å². The maximum absolute atomic E-state index is 11.2. The summed E-state index contributed by atoms with van der Waals surface area (Å²) in [7, 11) is 0. The average Bonchev–Trinajstić information content (AvgIpc) is 2.55. The van der Waals surface area contributed by atoms with Gasteiger partial charge in [-0.25, -0.2) is 0 Å². The van der Waals surface area contributed by atoms with Crippen LogP contribution in [0.5, 0.6) is 11.5 Å². The summed E-state index contributed by atoms with van der Waals surface area (Å²) < 4.78 is 5.74. The van der Waals surface area contributed by atoms with Crippen molar-refractivity contribution in [2.24, 2.45) is 0 Å². The monoisotopic (exact) mass is 314 g/mol. The molecule has 0 unspecified atom stereocenters. The Balaban J connectivity index is 2.00. The average molecular weight is 314 g/mol. The number of hydrogen-bond acceptors (Lipinski definition) is 5. The van der Waals surface area contributed by atoms with E-state index in [-0.39, 0.29) is 11.4 Å². The highest BCUT2D eigenvalue weighted by atomic mass is 16.6. The zero-order chi connectivity index (χ0) is 16.4. The second kappa shape index (κ2) is 6.04. The van der Waals surface area contributed by atoms with Crippen molar-refractivity contribution in [3.8, 4) is 11.5 Å². The fourth-order valence-corrected chi connectivity index (χ4v) is 2.81. The number of rotatable bonds is 4. The lowest BCUT2D eigenvalue weighted by Crippen LogP contribution is -2.05. The second-order valence-electron chi connectivity index (χ2n) is 5.37. The minimum atomic E-state index is -0.669. The Morgan fingerprint density at radius 1 is 0.913 bits per heavy atom. The molecule has 0 aliphatic heterocycles. The molecule has 23 heavy (non-hydrogen) atoms. The van der Waals surface area contributed by atoms with E-state index < -0.39 is 15.5 Å². The van der Waals surface area contributed by atoms with Crippen LogP contribution in [0.2, 0.25) is 0 Å². The zero-order valence-electron chi connectivity index (χ0n) is 12.2. The number of nitro benzene ring substituents is 2. The molecular weight excluding hydrogens is 300 g/mol. The zero-order valence-corrected chi connectivity index (χ0v) is 12.2. The van der Waals surface area contributed by atoms with Crippen molar-refractivity contribution < 1.29 is 14.6 Å². The summed E-state index contributed by atoms with van der Waals surface area (Å²) in [6.07, 6.45) is 4.00. The number of ether oxygens (including phenoxy) is 1. The molecule has 0 radical (unpaired) electrons. The second-order valence-corrected chi connectivity index (χ2v) is 5.37. The first-order valence-corrected chi connectivity index (χ1v) is 7.27. The Morgan fingerprint density at radius 3 is 2.43 bits per heavy atom. The van der Waals surface area contributed by atoms with Gasteiger partial charge in [-0.1, -0.05) is 12.1 Å². The van der Waals surface area contributed by atoms with Crippen molar-refractivity contribution in [2.45, 2.75) is 25.7 Å². The van der Waals surface area contributed by atoms with E-state index in [1.54, 1.807) is 6.07 Å². The number of benzene rings is 2. The predicted molar refractivity (Wildman–Crippen MR) is 82.9 cm³/mol. The van der Waals surface area contributed by atoms with Crippen molar-refractivity contribution in [1.82, 2.24) is 0 Å². The van der Waals surface area contributed by atoms with E-state index in [2.05, 4.69) is 0 Å². The van der Waals surface area contributed by atoms with Gasteiger partial charge in [0.2, 0.25) is 5.75 Å². The first-order chi connectivity index (χ1) is 11.1. The number of fused-ring (bicyclic) bond motifs is 1. The van der Waals surface area contributed by atoms with E-state index in [0.29, 0.717) is 5.75 Å². The van der Waals surface area contributed by atoms with Crippen LogP contribution in [0.15, 0.2) is 36.4 Å². The molecule has 1 aliphatic carbocycles. The number of hydrogen-bond donors (Lipinski definition) is 0. The third kappa shape index (κ3) is 2.98.